The van der Waals surface area contributed by atoms with Crippen LogP contribution in [0.1, 0.15) is 23.9 Å². The molecule has 0 unspecified atom stereocenters. The third kappa shape index (κ3) is 4.30. The van der Waals surface area contributed by atoms with Gasteiger partial charge in [-0.2, -0.15) is 5.26 Å². The minimum Gasteiger partial charge on any atom is -0.490 e. The van der Waals surface area contributed by atoms with Crippen molar-refractivity contribution in [3.8, 4) is 17.6 Å². The van der Waals surface area contributed by atoms with Crippen LogP contribution in [0.3, 0.4) is 0 Å². The van der Waals surface area contributed by atoms with Crippen LogP contribution in [0.5, 0.6) is 11.5 Å². The molecule has 28 heavy (non-hydrogen) atoms. The van der Waals surface area contributed by atoms with Gasteiger partial charge in [-0.15, -0.1) is 0 Å². The smallest absolute Gasteiger partial charge is 0.341 e. The lowest BCUT2D eigenvalue weighted by molar-refractivity contribution is -0.139. The summed E-state index contributed by atoms with van der Waals surface area (Å²) in [4.78, 5) is 18.4. The topological polar surface area (TPSA) is 108 Å². The van der Waals surface area contributed by atoms with E-state index in [-0.39, 0.29) is 0 Å². The van der Waals surface area contributed by atoms with Crippen molar-refractivity contribution in [1.82, 2.24) is 9.97 Å². The fourth-order valence-corrected chi connectivity index (χ4v) is 2.71. The predicted molar refractivity (Wildman–Crippen MR) is 105 cm³/mol. The highest BCUT2D eigenvalue weighted by Crippen LogP contribution is 2.30. The SMILES string of the molecule is CCOc1cc(C=C(C#N)c2nc3ccc(C)cc3[nH]2)ccc1OCC(=O)O. The van der Waals surface area contributed by atoms with E-state index < -0.39 is 12.6 Å². The normalized spacial score (nSPS) is 11.2. The van der Waals surface area contributed by atoms with Crippen molar-refractivity contribution in [2.75, 3.05) is 13.2 Å². The average molecular weight is 377 g/mol. The maximum Gasteiger partial charge on any atom is 0.341 e. The second kappa shape index (κ2) is 8.27. The summed E-state index contributed by atoms with van der Waals surface area (Å²) in [7, 11) is 0. The number of rotatable bonds is 7. The summed E-state index contributed by atoms with van der Waals surface area (Å²) in [6, 6.07) is 13.1. The van der Waals surface area contributed by atoms with Crippen LogP contribution >= 0.6 is 0 Å². The maximum atomic E-state index is 10.7. The Bertz CT molecular complexity index is 1090. The number of allylic oxidation sites excluding steroid dienone is 1. The highest BCUT2D eigenvalue weighted by Gasteiger charge is 2.11. The molecule has 0 radical (unpaired) electrons. The molecule has 1 heterocycles. The predicted octanol–water partition coefficient (Wildman–Crippen LogP) is 3.80. The van der Waals surface area contributed by atoms with Crippen LogP contribution in [0.4, 0.5) is 0 Å². The molecular formula is C21H19N3O4. The molecule has 0 bridgehead atoms. The molecule has 0 aliphatic rings. The summed E-state index contributed by atoms with van der Waals surface area (Å²) < 4.78 is 10.8. The number of aryl methyl sites for hydroxylation is 1. The Balaban J connectivity index is 1.95. The van der Waals surface area contributed by atoms with Crippen molar-refractivity contribution < 1.29 is 19.4 Å². The third-order valence-corrected chi connectivity index (χ3v) is 3.94. The van der Waals surface area contributed by atoms with Gasteiger partial charge in [-0.25, -0.2) is 9.78 Å². The van der Waals surface area contributed by atoms with Crippen LogP contribution in [-0.4, -0.2) is 34.3 Å². The van der Waals surface area contributed by atoms with Crippen molar-refractivity contribution >= 4 is 28.7 Å². The lowest BCUT2D eigenvalue weighted by Crippen LogP contribution is -2.10. The number of aromatic nitrogens is 2. The van der Waals surface area contributed by atoms with Gasteiger partial charge >= 0.3 is 5.97 Å². The molecule has 142 valence electrons. The molecule has 0 fully saturated rings. The zero-order valence-corrected chi connectivity index (χ0v) is 15.5. The van der Waals surface area contributed by atoms with E-state index in [0.29, 0.717) is 35.1 Å². The monoisotopic (exact) mass is 377 g/mol. The molecule has 3 rings (SSSR count). The number of hydrogen-bond donors (Lipinski definition) is 2. The van der Waals surface area contributed by atoms with Gasteiger partial charge in [0.25, 0.3) is 0 Å². The van der Waals surface area contributed by atoms with E-state index in [4.69, 9.17) is 14.6 Å². The summed E-state index contributed by atoms with van der Waals surface area (Å²) >= 11 is 0. The molecule has 3 aromatic rings. The number of carbonyl (C=O) groups is 1. The van der Waals surface area contributed by atoms with E-state index in [9.17, 15) is 10.1 Å². The number of ether oxygens (including phenoxy) is 2. The van der Waals surface area contributed by atoms with Crippen molar-refractivity contribution in [3.63, 3.8) is 0 Å². The highest BCUT2D eigenvalue weighted by molar-refractivity contribution is 5.90. The minimum atomic E-state index is -1.07. The number of carboxylic acids is 1. The first kappa shape index (κ1) is 19.0. The summed E-state index contributed by atoms with van der Waals surface area (Å²) in [5, 5.41) is 18.4. The Hall–Kier alpha value is -3.79. The first-order valence-electron chi connectivity index (χ1n) is 8.70. The standard InChI is InChI=1S/C21H19N3O4/c1-3-27-19-10-14(5-7-18(19)28-12-20(25)26)9-15(11-22)21-23-16-6-4-13(2)8-17(16)24-21/h4-10H,3,12H2,1-2H3,(H,23,24)(H,25,26). The van der Waals surface area contributed by atoms with Crippen molar-refractivity contribution in [3.05, 3.63) is 53.3 Å². The van der Waals surface area contributed by atoms with Crippen molar-refractivity contribution in [2.45, 2.75) is 13.8 Å². The van der Waals surface area contributed by atoms with Gasteiger partial charge in [-0.3, -0.25) is 0 Å². The highest BCUT2D eigenvalue weighted by atomic mass is 16.5. The van der Waals surface area contributed by atoms with Gasteiger partial charge in [0.1, 0.15) is 11.9 Å². The second-order valence-electron chi connectivity index (χ2n) is 6.10. The molecule has 0 saturated heterocycles. The number of aliphatic carboxylic acids is 1. The van der Waals surface area contributed by atoms with Crippen molar-refractivity contribution in [2.24, 2.45) is 0 Å². The molecule has 2 N–H and O–H groups in total. The summed E-state index contributed by atoms with van der Waals surface area (Å²) in [5.74, 6) is 0.153. The largest absolute Gasteiger partial charge is 0.490 e. The number of imidazole rings is 1. The van der Waals surface area contributed by atoms with Crippen LogP contribution < -0.4 is 9.47 Å². The van der Waals surface area contributed by atoms with Crippen LogP contribution in [0.25, 0.3) is 22.7 Å². The van der Waals surface area contributed by atoms with Crippen LogP contribution in [0.2, 0.25) is 0 Å². The zero-order chi connectivity index (χ0) is 20.1. The van der Waals surface area contributed by atoms with Gasteiger partial charge in [0.15, 0.2) is 18.1 Å². The second-order valence-corrected chi connectivity index (χ2v) is 6.10. The van der Waals surface area contributed by atoms with Gasteiger partial charge in [0.05, 0.1) is 23.2 Å². The summed E-state index contributed by atoms with van der Waals surface area (Å²) in [5.41, 5.74) is 3.83. The summed E-state index contributed by atoms with van der Waals surface area (Å²) in [6.45, 7) is 3.74. The number of nitriles is 1. The number of fused-ring (bicyclic) bond motifs is 1. The molecule has 0 aliphatic carbocycles. The van der Waals surface area contributed by atoms with E-state index in [2.05, 4.69) is 16.0 Å². The fourth-order valence-electron chi connectivity index (χ4n) is 2.71. The Morgan fingerprint density at radius 3 is 2.79 bits per heavy atom. The quantitative estimate of drug-likeness (QED) is 0.606. The third-order valence-electron chi connectivity index (χ3n) is 3.94. The van der Waals surface area contributed by atoms with E-state index >= 15 is 0 Å². The molecule has 7 nitrogen and oxygen atoms in total. The summed E-state index contributed by atoms with van der Waals surface area (Å²) in [6.07, 6.45) is 1.69. The Morgan fingerprint density at radius 2 is 2.07 bits per heavy atom. The molecule has 7 heteroatoms. The molecule has 0 atom stereocenters. The maximum absolute atomic E-state index is 10.7. The van der Waals surface area contributed by atoms with Crippen LogP contribution in [0, 0.1) is 18.3 Å². The van der Waals surface area contributed by atoms with E-state index in [1.165, 1.54) is 0 Å². The molecule has 0 saturated carbocycles. The number of benzene rings is 2. The van der Waals surface area contributed by atoms with E-state index in [1.807, 2.05) is 32.0 Å². The average Bonchev–Trinajstić information content (AvgIpc) is 3.08. The molecule has 0 aliphatic heterocycles. The Labute approximate surface area is 161 Å². The number of nitrogens with zero attached hydrogens (tertiary/aromatic N) is 2. The minimum absolute atomic E-state index is 0.333. The Morgan fingerprint density at radius 1 is 1.25 bits per heavy atom. The number of carboxylic acid groups (broad SMARTS) is 1. The first-order valence-corrected chi connectivity index (χ1v) is 8.70. The number of nitrogens with one attached hydrogen (secondary N) is 1. The molecule has 2 aromatic carbocycles. The van der Waals surface area contributed by atoms with Gasteiger partial charge in [-0.05, 0) is 55.3 Å². The molecule has 0 amide bonds. The lowest BCUT2D eigenvalue weighted by Gasteiger charge is -2.11. The van der Waals surface area contributed by atoms with Crippen LogP contribution in [0.15, 0.2) is 36.4 Å². The van der Waals surface area contributed by atoms with E-state index in [0.717, 1.165) is 16.6 Å². The van der Waals surface area contributed by atoms with Gasteiger partial charge < -0.3 is 19.6 Å². The van der Waals surface area contributed by atoms with Gasteiger partial charge in [0.2, 0.25) is 0 Å². The van der Waals surface area contributed by atoms with E-state index in [1.54, 1.807) is 24.3 Å². The molecule has 1 aromatic heterocycles. The fraction of sp³-hybridized carbons (Fsp3) is 0.190. The van der Waals surface area contributed by atoms with Crippen LogP contribution in [-0.2, 0) is 4.79 Å². The number of hydrogen-bond acceptors (Lipinski definition) is 5. The zero-order valence-electron chi connectivity index (χ0n) is 15.5. The van der Waals surface area contributed by atoms with Gasteiger partial charge in [-0.1, -0.05) is 12.1 Å². The Kier molecular flexibility index (Phi) is 5.61. The molecule has 0 spiro atoms. The van der Waals surface area contributed by atoms with Gasteiger partial charge in [0, 0.05) is 0 Å². The van der Waals surface area contributed by atoms with Crippen molar-refractivity contribution in [1.29, 1.82) is 5.26 Å². The first-order chi connectivity index (χ1) is 13.5. The molecular weight excluding hydrogens is 358 g/mol. The number of aromatic amines is 1. The lowest BCUT2D eigenvalue weighted by atomic mass is 10.1. The number of H-pyrrole nitrogens is 1.